The number of amides is 2. The van der Waals surface area contributed by atoms with Crippen molar-refractivity contribution in [1.29, 1.82) is 0 Å². The van der Waals surface area contributed by atoms with Gasteiger partial charge >= 0.3 is 0 Å². The van der Waals surface area contributed by atoms with Gasteiger partial charge in [-0.1, -0.05) is 25.2 Å². The van der Waals surface area contributed by atoms with Gasteiger partial charge in [0.2, 0.25) is 5.91 Å². The van der Waals surface area contributed by atoms with Crippen molar-refractivity contribution in [2.75, 3.05) is 19.7 Å². The van der Waals surface area contributed by atoms with Gasteiger partial charge in [0.15, 0.2) is 0 Å². The maximum atomic E-state index is 12.5. The largest absolute Gasteiger partial charge is 0.384 e. The number of rotatable bonds is 6. The number of unbranched alkanes of at least 4 members (excludes halogenated alkanes) is 1. The summed E-state index contributed by atoms with van der Waals surface area (Å²) in [6.07, 6.45) is 3.14. The molecule has 0 aliphatic carbocycles. The first-order valence-electron chi connectivity index (χ1n) is 6.72. The summed E-state index contributed by atoms with van der Waals surface area (Å²) in [6.45, 7) is 1.97. The SMILES string of the molecule is CCCCN(CC(N)=O)C(=O)c1ncccc1C#CCO. The normalized spacial score (nSPS) is 9.62. The Bertz CT molecular complexity index is 561. The topological polar surface area (TPSA) is 96.5 Å². The highest BCUT2D eigenvalue weighted by Gasteiger charge is 2.20. The van der Waals surface area contributed by atoms with E-state index in [0.29, 0.717) is 12.1 Å². The fraction of sp³-hybridized carbons (Fsp3) is 0.400. The average Bonchev–Trinajstić information content (AvgIpc) is 2.48. The Morgan fingerprint density at radius 1 is 1.48 bits per heavy atom. The summed E-state index contributed by atoms with van der Waals surface area (Å²) in [5, 5.41) is 8.75. The van der Waals surface area contributed by atoms with Crippen molar-refractivity contribution in [3.05, 3.63) is 29.6 Å². The van der Waals surface area contributed by atoms with Gasteiger partial charge in [0.25, 0.3) is 5.91 Å². The lowest BCUT2D eigenvalue weighted by atomic mass is 10.1. The molecule has 0 aliphatic rings. The molecule has 21 heavy (non-hydrogen) atoms. The second-order valence-electron chi connectivity index (χ2n) is 4.41. The van der Waals surface area contributed by atoms with Gasteiger partial charge in [0.05, 0.1) is 12.1 Å². The zero-order chi connectivity index (χ0) is 15.7. The van der Waals surface area contributed by atoms with E-state index in [2.05, 4.69) is 16.8 Å². The van der Waals surface area contributed by atoms with Crippen molar-refractivity contribution >= 4 is 11.8 Å². The number of hydrogen-bond donors (Lipinski definition) is 2. The van der Waals surface area contributed by atoms with Gasteiger partial charge in [-0.05, 0) is 18.6 Å². The number of aromatic nitrogens is 1. The van der Waals surface area contributed by atoms with Crippen LogP contribution in [0.4, 0.5) is 0 Å². The van der Waals surface area contributed by atoms with E-state index >= 15 is 0 Å². The zero-order valence-corrected chi connectivity index (χ0v) is 12.0. The molecular weight excluding hydrogens is 270 g/mol. The number of nitrogens with two attached hydrogens (primary N) is 1. The van der Waals surface area contributed by atoms with E-state index in [1.54, 1.807) is 12.1 Å². The number of carbonyl (C=O) groups excluding carboxylic acids is 2. The minimum Gasteiger partial charge on any atom is -0.384 e. The summed E-state index contributed by atoms with van der Waals surface area (Å²) in [4.78, 5) is 29.0. The van der Waals surface area contributed by atoms with E-state index in [1.807, 2.05) is 6.92 Å². The van der Waals surface area contributed by atoms with Gasteiger partial charge in [0.1, 0.15) is 12.3 Å². The summed E-state index contributed by atoms with van der Waals surface area (Å²) >= 11 is 0. The molecular formula is C15H19N3O3. The van der Waals surface area contributed by atoms with Gasteiger partial charge in [0, 0.05) is 12.7 Å². The Kier molecular flexibility index (Phi) is 6.92. The Morgan fingerprint density at radius 2 is 2.24 bits per heavy atom. The zero-order valence-electron chi connectivity index (χ0n) is 12.0. The molecule has 6 nitrogen and oxygen atoms in total. The van der Waals surface area contributed by atoms with Crippen molar-refractivity contribution in [1.82, 2.24) is 9.88 Å². The fourth-order valence-electron chi connectivity index (χ4n) is 1.75. The van der Waals surface area contributed by atoms with Crippen LogP contribution >= 0.6 is 0 Å². The number of hydrogen-bond acceptors (Lipinski definition) is 4. The fourth-order valence-corrected chi connectivity index (χ4v) is 1.75. The van der Waals surface area contributed by atoms with E-state index in [-0.39, 0.29) is 24.8 Å². The summed E-state index contributed by atoms with van der Waals surface area (Å²) in [5.41, 5.74) is 5.77. The first-order chi connectivity index (χ1) is 10.1. The molecule has 112 valence electrons. The molecule has 0 spiro atoms. The highest BCUT2D eigenvalue weighted by atomic mass is 16.2. The van der Waals surface area contributed by atoms with Crippen LogP contribution in [0, 0.1) is 11.8 Å². The lowest BCUT2D eigenvalue weighted by molar-refractivity contribution is -0.118. The van der Waals surface area contributed by atoms with Gasteiger partial charge in [-0.3, -0.25) is 9.59 Å². The number of primary amides is 1. The molecule has 0 atom stereocenters. The highest BCUT2D eigenvalue weighted by molar-refractivity contribution is 5.96. The predicted molar refractivity (Wildman–Crippen MR) is 78.2 cm³/mol. The first kappa shape index (κ1) is 16.7. The third kappa shape index (κ3) is 5.24. The standard InChI is InChI=1S/C15H19N3O3/c1-2-3-9-18(11-13(16)20)15(21)14-12(7-5-10-19)6-4-8-17-14/h4,6,8,19H,2-3,9-11H2,1H3,(H2,16,20). The van der Waals surface area contributed by atoms with Crippen LogP contribution in [0.1, 0.15) is 35.8 Å². The van der Waals surface area contributed by atoms with Gasteiger partial charge in [-0.25, -0.2) is 4.98 Å². The summed E-state index contributed by atoms with van der Waals surface area (Å²) in [7, 11) is 0. The molecule has 2 amide bonds. The molecule has 1 aromatic heterocycles. The quantitative estimate of drug-likeness (QED) is 0.729. The molecule has 0 radical (unpaired) electrons. The predicted octanol–water partition coefficient (Wildman–Crippen LogP) is 0.153. The lowest BCUT2D eigenvalue weighted by Gasteiger charge is -2.20. The average molecular weight is 289 g/mol. The molecule has 0 saturated heterocycles. The molecule has 0 fully saturated rings. The van der Waals surface area contributed by atoms with Crippen molar-refractivity contribution in [3.8, 4) is 11.8 Å². The van der Waals surface area contributed by atoms with Crippen LogP contribution in [-0.2, 0) is 4.79 Å². The van der Waals surface area contributed by atoms with Crippen LogP contribution in [0.5, 0.6) is 0 Å². The smallest absolute Gasteiger partial charge is 0.274 e. The van der Waals surface area contributed by atoms with Crippen molar-refractivity contribution < 1.29 is 14.7 Å². The maximum absolute atomic E-state index is 12.5. The van der Waals surface area contributed by atoms with Crippen LogP contribution in [0.2, 0.25) is 0 Å². The Morgan fingerprint density at radius 3 is 2.86 bits per heavy atom. The van der Waals surface area contributed by atoms with E-state index in [4.69, 9.17) is 10.8 Å². The summed E-state index contributed by atoms with van der Waals surface area (Å²) < 4.78 is 0. The Hall–Kier alpha value is -2.39. The highest BCUT2D eigenvalue weighted by Crippen LogP contribution is 2.09. The van der Waals surface area contributed by atoms with E-state index in [0.717, 1.165) is 12.8 Å². The van der Waals surface area contributed by atoms with Gasteiger partial charge < -0.3 is 15.7 Å². The summed E-state index contributed by atoms with van der Waals surface area (Å²) in [5.74, 6) is 4.21. The second kappa shape index (κ2) is 8.72. The monoisotopic (exact) mass is 289 g/mol. The van der Waals surface area contributed by atoms with Crippen LogP contribution in [0.25, 0.3) is 0 Å². The van der Waals surface area contributed by atoms with Crippen molar-refractivity contribution in [3.63, 3.8) is 0 Å². The minimum absolute atomic E-state index is 0.151. The van der Waals surface area contributed by atoms with Gasteiger partial charge in [-0.2, -0.15) is 0 Å². The van der Waals surface area contributed by atoms with Crippen LogP contribution in [0.15, 0.2) is 18.3 Å². The van der Waals surface area contributed by atoms with Gasteiger partial charge in [-0.15, -0.1) is 0 Å². The molecule has 0 aromatic carbocycles. The third-order valence-electron chi connectivity index (χ3n) is 2.73. The van der Waals surface area contributed by atoms with E-state index in [9.17, 15) is 9.59 Å². The van der Waals surface area contributed by atoms with Crippen LogP contribution in [-0.4, -0.2) is 46.5 Å². The molecule has 0 aliphatic heterocycles. The molecule has 6 heteroatoms. The molecule has 0 unspecified atom stereocenters. The molecule has 1 aromatic rings. The second-order valence-corrected chi connectivity index (χ2v) is 4.41. The number of aliphatic hydroxyl groups excluding tert-OH is 1. The minimum atomic E-state index is -0.571. The molecule has 0 bridgehead atoms. The molecule has 1 rings (SSSR count). The summed E-state index contributed by atoms with van der Waals surface area (Å²) in [6, 6.07) is 3.30. The van der Waals surface area contributed by atoms with Crippen molar-refractivity contribution in [2.24, 2.45) is 5.73 Å². The third-order valence-corrected chi connectivity index (χ3v) is 2.73. The molecule has 3 N–H and O–H groups in total. The number of aliphatic hydroxyl groups is 1. The maximum Gasteiger partial charge on any atom is 0.274 e. The number of nitrogens with zero attached hydrogens (tertiary/aromatic N) is 2. The lowest BCUT2D eigenvalue weighted by Crippen LogP contribution is -2.39. The molecule has 0 saturated carbocycles. The van der Waals surface area contributed by atoms with Crippen LogP contribution in [0.3, 0.4) is 0 Å². The number of carbonyl (C=O) groups is 2. The van der Waals surface area contributed by atoms with E-state index < -0.39 is 5.91 Å². The first-order valence-corrected chi connectivity index (χ1v) is 6.72. The van der Waals surface area contributed by atoms with Crippen molar-refractivity contribution in [2.45, 2.75) is 19.8 Å². The molecule has 1 heterocycles. The number of pyridine rings is 1. The Balaban J connectivity index is 3.04. The Labute approximate surface area is 124 Å². The van der Waals surface area contributed by atoms with Crippen LogP contribution < -0.4 is 5.73 Å². The van der Waals surface area contributed by atoms with E-state index in [1.165, 1.54) is 11.1 Å².